The summed E-state index contributed by atoms with van der Waals surface area (Å²) < 4.78 is 19.3. The van der Waals surface area contributed by atoms with Gasteiger partial charge >= 0.3 is 6.01 Å². The number of nitrogens with one attached hydrogen (secondary N) is 2. The number of fused-ring (bicyclic) bond motifs is 1. The number of hydrogen-bond donors (Lipinski definition) is 2. The third-order valence-electron chi connectivity index (χ3n) is 4.49. The number of alkyl halides is 1. The van der Waals surface area contributed by atoms with Gasteiger partial charge in [0.25, 0.3) is 0 Å². The fraction of sp³-hybridized carbons (Fsp3) is 0.412. The van der Waals surface area contributed by atoms with E-state index in [4.69, 9.17) is 4.42 Å². The highest BCUT2D eigenvalue weighted by Gasteiger charge is 2.34. The molecular weight excluding hydrogens is 309 g/mol. The van der Waals surface area contributed by atoms with Crippen molar-refractivity contribution in [2.45, 2.75) is 32.1 Å². The average molecular weight is 329 g/mol. The van der Waals surface area contributed by atoms with E-state index in [0.717, 1.165) is 12.1 Å². The molecule has 126 valence electrons. The summed E-state index contributed by atoms with van der Waals surface area (Å²) in [5, 5.41) is 12.5. The van der Waals surface area contributed by atoms with Crippen molar-refractivity contribution in [3.05, 3.63) is 41.9 Å². The van der Waals surface area contributed by atoms with Gasteiger partial charge in [0.1, 0.15) is 6.17 Å². The van der Waals surface area contributed by atoms with Gasteiger partial charge in [-0.05, 0) is 17.0 Å². The summed E-state index contributed by atoms with van der Waals surface area (Å²) in [4.78, 5) is 5.14. The molecule has 2 N–H and O–H groups in total. The lowest BCUT2D eigenvalue weighted by Crippen LogP contribution is -2.38. The van der Waals surface area contributed by atoms with Crippen LogP contribution >= 0.6 is 0 Å². The molecule has 0 aliphatic carbocycles. The van der Waals surface area contributed by atoms with Crippen LogP contribution in [0.15, 0.2) is 34.9 Å². The molecule has 0 amide bonds. The molecular formula is C17H20FN5O. The second-order valence-electron chi connectivity index (χ2n) is 6.23. The van der Waals surface area contributed by atoms with Crippen LogP contribution in [0, 0.1) is 6.92 Å². The Bertz CT molecular complexity index is 829. The number of aromatic amines is 1. The highest BCUT2D eigenvalue weighted by Crippen LogP contribution is 2.26. The molecule has 1 aliphatic rings. The number of anilines is 1. The molecule has 3 aromatic rings. The van der Waals surface area contributed by atoms with Crippen LogP contribution in [0.3, 0.4) is 0 Å². The van der Waals surface area contributed by atoms with E-state index in [1.54, 1.807) is 6.92 Å². The van der Waals surface area contributed by atoms with E-state index >= 15 is 0 Å². The number of nitrogens with zero attached hydrogens (tertiary/aromatic N) is 3. The summed E-state index contributed by atoms with van der Waals surface area (Å²) in [5.41, 5.74) is 2.34. The molecule has 1 fully saturated rings. The number of benzene rings is 1. The quantitative estimate of drug-likeness (QED) is 0.753. The van der Waals surface area contributed by atoms with Crippen molar-refractivity contribution in [3.8, 4) is 0 Å². The van der Waals surface area contributed by atoms with Gasteiger partial charge in [-0.25, -0.2) is 4.39 Å². The van der Waals surface area contributed by atoms with Crippen molar-refractivity contribution < 1.29 is 8.81 Å². The van der Waals surface area contributed by atoms with Crippen molar-refractivity contribution in [3.63, 3.8) is 0 Å². The Balaban J connectivity index is 1.42. The summed E-state index contributed by atoms with van der Waals surface area (Å²) in [6.07, 6.45) is 1.55. The first-order valence-electron chi connectivity index (χ1n) is 8.17. The van der Waals surface area contributed by atoms with E-state index in [-0.39, 0.29) is 6.04 Å². The van der Waals surface area contributed by atoms with E-state index in [0.29, 0.717) is 31.4 Å². The number of aromatic nitrogens is 3. The Labute approximate surface area is 139 Å². The lowest BCUT2D eigenvalue weighted by molar-refractivity contribution is 0.354. The first-order chi connectivity index (χ1) is 11.7. The molecule has 24 heavy (non-hydrogen) atoms. The average Bonchev–Trinajstić information content (AvgIpc) is 3.27. The molecule has 6 nitrogen and oxygen atoms in total. The zero-order valence-electron chi connectivity index (χ0n) is 13.5. The number of hydrogen-bond acceptors (Lipinski definition) is 5. The maximum absolute atomic E-state index is 13.9. The smallest absolute Gasteiger partial charge is 0.318 e. The number of rotatable bonds is 5. The Hall–Kier alpha value is -2.41. The molecule has 0 spiro atoms. The second-order valence-corrected chi connectivity index (χ2v) is 6.23. The van der Waals surface area contributed by atoms with Gasteiger partial charge in [-0.2, -0.15) is 0 Å². The number of para-hydroxylation sites is 1. The highest BCUT2D eigenvalue weighted by molar-refractivity contribution is 5.82. The molecule has 3 heterocycles. The third kappa shape index (κ3) is 2.87. The van der Waals surface area contributed by atoms with Crippen LogP contribution in [-0.4, -0.2) is 40.5 Å². The van der Waals surface area contributed by atoms with Crippen molar-refractivity contribution in [2.24, 2.45) is 0 Å². The molecule has 1 saturated heterocycles. The Morgan fingerprint density at radius 1 is 1.38 bits per heavy atom. The Kier molecular flexibility index (Phi) is 3.93. The van der Waals surface area contributed by atoms with Crippen LogP contribution < -0.4 is 10.2 Å². The predicted octanol–water partition coefficient (Wildman–Crippen LogP) is 2.57. The summed E-state index contributed by atoms with van der Waals surface area (Å²) in [7, 11) is 0. The van der Waals surface area contributed by atoms with Crippen LogP contribution in [0.2, 0.25) is 0 Å². The van der Waals surface area contributed by atoms with Gasteiger partial charge in [0.2, 0.25) is 5.89 Å². The Morgan fingerprint density at radius 2 is 2.29 bits per heavy atom. The Morgan fingerprint density at radius 3 is 3.12 bits per heavy atom. The van der Waals surface area contributed by atoms with E-state index in [9.17, 15) is 4.39 Å². The predicted molar refractivity (Wildman–Crippen MR) is 89.7 cm³/mol. The number of halogens is 1. The van der Waals surface area contributed by atoms with Crippen LogP contribution in [0.25, 0.3) is 10.9 Å². The van der Waals surface area contributed by atoms with E-state index in [1.807, 2.05) is 17.2 Å². The van der Waals surface area contributed by atoms with Crippen LogP contribution in [-0.2, 0) is 6.54 Å². The van der Waals surface area contributed by atoms with Crippen LogP contribution in [0.5, 0.6) is 0 Å². The topological polar surface area (TPSA) is 70.0 Å². The minimum Gasteiger partial charge on any atom is -0.408 e. The molecule has 4 rings (SSSR count). The normalized spacial score (nSPS) is 21.0. The first kappa shape index (κ1) is 15.1. The van der Waals surface area contributed by atoms with E-state index in [2.05, 4.69) is 38.7 Å². The van der Waals surface area contributed by atoms with Gasteiger partial charge in [-0.1, -0.05) is 23.3 Å². The molecule has 1 aromatic carbocycles. The summed E-state index contributed by atoms with van der Waals surface area (Å²) in [6.45, 7) is 3.44. The molecule has 1 aliphatic heterocycles. The van der Waals surface area contributed by atoms with Crippen LogP contribution in [0.1, 0.15) is 17.9 Å². The maximum atomic E-state index is 13.9. The minimum atomic E-state index is -0.865. The molecule has 7 heteroatoms. The molecule has 0 radical (unpaired) electrons. The largest absolute Gasteiger partial charge is 0.408 e. The lowest BCUT2D eigenvalue weighted by atomic mass is 10.1. The molecule has 0 unspecified atom stereocenters. The van der Waals surface area contributed by atoms with Gasteiger partial charge in [0, 0.05) is 44.2 Å². The first-order valence-corrected chi connectivity index (χ1v) is 8.17. The fourth-order valence-electron chi connectivity index (χ4n) is 3.36. The SMILES string of the molecule is Cc1nnc(N2C[C@@H](F)C[C@H]2CNCc2cccc3cc[nH]c23)o1. The van der Waals surface area contributed by atoms with Gasteiger partial charge in [0.15, 0.2) is 0 Å². The van der Waals surface area contributed by atoms with Crippen molar-refractivity contribution in [1.82, 2.24) is 20.5 Å². The number of H-pyrrole nitrogens is 1. The molecule has 0 bridgehead atoms. The monoisotopic (exact) mass is 329 g/mol. The van der Waals surface area contributed by atoms with Gasteiger partial charge in [0.05, 0.1) is 6.54 Å². The second kappa shape index (κ2) is 6.24. The summed E-state index contributed by atoms with van der Waals surface area (Å²) in [6, 6.07) is 8.71. The van der Waals surface area contributed by atoms with Crippen molar-refractivity contribution in [2.75, 3.05) is 18.0 Å². The van der Waals surface area contributed by atoms with Gasteiger partial charge < -0.3 is 19.6 Å². The fourth-order valence-corrected chi connectivity index (χ4v) is 3.36. The molecule has 2 atom stereocenters. The van der Waals surface area contributed by atoms with Crippen LogP contribution in [0.4, 0.5) is 10.4 Å². The van der Waals surface area contributed by atoms with Gasteiger partial charge in [-0.3, -0.25) is 0 Å². The van der Waals surface area contributed by atoms with Gasteiger partial charge in [-0.15, -0.1) is 5.10 Å². The zero-order valence-corrected chi connectivity index (χ0v) is 13.5. The standard InChI is InChI=1S/C17H20FN5O/c1-11-21-22-17(24-11)23-10-14(18)7-15(23)9-19-8-13-4-2-3-12-5-6-20-16(12)13/h2-6,14-15,19-20H,7-10H2,1H3/t14-,15-/m0/s1. The highest BCUT2D eigenvalue weighted by atomic mass is 19.1. The van der Waals surface area contributed by atoms with Crippen molar-refractivity contribution in [1.29, 1.82) is 0 Å². The zero-order chi connectivity index (χ0) is 16.5. The molecule has 0 saturated carbocycles. The third-order valence-corrected chi connectivity index (χ3v) is 4.49. The van der Waals surface area contributed by atoms with E-state index < -0.39 is 6.17 Å². The van der Waals surface area contributed by atoms with E-state index in [1.165, 1.54) is 10.9 Å². The maximum Gasteiger partial charge on any atom is 0.318 e. The summed E-state index contributed by atoms with van der Waals surface area (Å²) >= 11 is 0. The number of aryl methyl sites for hydroxylation is 1. The summed E-state index contributed by atoms with van der Waals surface area (Å²) in [5.74, 6) is 0.498. The van der Waals surface area contributed by atoms with Crippen molar-refractivity contribution >= 4 is 16.9 Å². The lowest BCUT2D eigenvalue weighted by Gasteiger charge is -2.22. The minimum absolute atomic E-state index is 0.0164. The molecule has 2 aromatic heterocycles.